The summed E-state index contributed by atoms with van der Waals surface area (Å²) in [5.74, 6) is 3.76. The van der Waals surface area contributed by atoms with Gasteiger partial charge in [-0.2, -0.15) is 0 Å². The molecule has 10 rings (SSSR count). The zero-order valence-corrected chi connectivity index (χ0v) is 38.1. The number of aryl methyl sites for hydroxylation is 2. The molecule has 0 saturated heterocycles. The first-order chi connectivity index (χ1) is 32.3. The van der Waals surface area contributed by atoms with Crippen LogP contribution in [0.5, 0.6) is 23.0 Å². The maximum absolute atomic E-state index is 13.3. The fourth-order valence-corrected chi connectivity index (χ4v) is 8.71. The lowest BCUT2D eigenvalue weighted by molar-refractivity contribution is 0.354. The zero-order valence-electron chi connectivity index (χ0n) is 38.1. The van der Waals surface area contributed by atoms with Crippen LogP contribution in [0.1, 0.15) is 35.1 Å². The molecule has 0 atom stereocenters. The first-order valence-electron chi connectivity index (χ1n) is 22.0. The molecule has 2 aliphatic heterocycles. The molecule has 4 heterocycles. The van der Waals surface area contributed by atoms with Crippen molar-refractivity contribution in [1.29, 1.82) is 0 Å². The first-order valence-corrected chi connectivity index (χ1v) is 22.0. The van der Waals surface area contributed by atoms with Gasteiger partial charge in [0, 0.05) is 48.1 Å². The number of aromatic nitrogens is 4. The summed E-state index contributed by atoms with van der Waals surface area (Å²) in [4.78, 5) is 14.7. The van der Waals surface area contributed by atoms with Crippen LogP contribution < -0.4 is 30.4 Å². The molecule has 67 heavy (non-hydrogen) atoms. The molecule has 0 spiro atoms. The Hall–Kier alpha value is -7.77. The van der Waals surface area contributed by atoms with E-state index in [1.807, 2.05) is 42.5 Å². The number of aliphatic imine (C=N–C) groups is 1. The van der Waals surface area contributed by atoms with Crippen molar-refractivity contribution in [1.82, 2.24) is 25.3 Å². The predicted octanol–water partition coefficient (Wildman–Crippen LogP) is 12.2. The van der Waals surface area contributed by atoms with Gasteiger partial charge in [0.05, 0.1) is 51.2 Å². The minimum absolute atomic E-state index is 0. The van der Waals surface area contributed by atoms with Crippen molar-refractivity contribution in [2.45, 2.75) is 45.3 Å². The zero-order chi connectivity index (χ0) is 45.6. The minimum Gasteiger partial charge on any atom is -0.493 e. The van der Waals surface area contributed by atoms with E-state index < -0.39 is 0 Å². The van der Waals surface area contributed by atoms with Gasteiger partial charge in [0.15, 0.2) is 23.0 Å². The Kier molecular flexibility index (Phi) is 14.1. The number of nitrogens with one attached hydrogen (secondary N) is 1. The number of imidazole rings is 2. The first kappa shape index (κ1) is 45.8. The van der Waals surface area contributed by atoms with Gasteiger partial charge in [-0.05, 0) is 96.5 Å². The lowest BCUT2D eigenvalue weighted by atomic mass is 9.97. The number of anilines is 1. The van der Waals surface area contributed by atoms with Crippen LogP contribution in [0.25, 0.3) is 45.0 Å². The van der Waals surface area contributed by atoms with E-state index in [0.29, 0.717) is 24.0 Å². The second kappa shape index (κ2) is 20.6. The quantitative estimate of drug-likeness (QED) is 0.123. The standard InChI is InChI=1S/C27H26FN3O2.C27H24FN3O2.H3N/c2*1-32-23-15-20-9-6-14-31-26(22(20)16-24(23)33-2)25(19-7-4-3-5-8-19)30-27(31)29-17-18-10-12-21(28)13-11-18;/h3-5,7-8,10-13,15-16H,6,9,14,17H2,1-2H3,(H,29,30);3-5,7-8,10-13,15-17H,6,9,14H2,1-2H3;1H3. The van der Waals surface area contributed by atoms with Crippen LogP contribution in [0, 0.1) is 11.6 Å². The van der Waals surface area contributed by atoms with Crippen molar-refractivity contribution in [2.24, 2.45) is 4.99 Å². The van der Waals surface area contributed by atoms with Gasteiger partial charge in [-0.1, -0.05) is 84.9 Å². The van der Waals surface area contributed by atoms with E-state index in [-0.39, 0.29) is 17.8 Å². The SMILES string of the molecule is COc1cc2c(cc1OC)-c1c(-c3ccccc3)nc(N=Cc3ccc(F)cc3)n1CCC2.COc1cc2c(cc1OC)-c1c(-c3ccccc3)nc(NCc3ccc(F)cc3)n1CCC2.N. The number of halogens is 2. The Bertz CT molecular complexity index is 2990. The summed E-state index contributed by atoms with van der Waals surface area (Å²) in [6.07, 6.45) is 5.49. The second-order valence-corrected chi connectivity index (χ2v) is 16.0. The Labute approximate surface area is 389 Å². The van der Waals surface area contributed by atoms with Crippen molar-refractivity contribution in [3.63, 3.8) is 0 Å². The monoisotopic (exact) mass is 901 g/mol. The molecule has 0 bridgehead atoms. The van der Waals surface area contributed by atoms with Gasteiger partial charge in [0.1, 0.15) is 11.6 Å². The predicted molar refractivity (Wildman–Crippen MR) is 261 cm³/mol. The molecule has 13 heteroatoms. The summed E-state index contributed by atoms with van der Waals surface area (Å²) >= 11 is 0. The number of fused-ring (bicyclic) bond motifs is 6. The van der Waals surface area contributed by atoms with E-state index in [1.165, 1.54) is 35.4 Å². The third-order valence-corrected chi connectivity index (χ3v) is 12.0. The molecule has 4 N–H and O–H groups in total. The van der Waals surface area contributed by atoms with Gasteiger partial charge < -0.3 is 39.5 Å². The smallest absolute Gasteiger partial charge is 0.230 e. The number of rotatable bonds is 11. The number of methoxy groups -OCH3 is 4. The Morgan fingerprint density at radius 3 is 1.57 bits per heavy atom. The van der Waals surface area contributed by atoms with Crippen LogP contribution in [-0.4, -0.2) is 53.8 Å². The average Bonchev–Trinajstić information content (AvgIpc) is 3.77. The fourth-order valence-electron chi connectivity index (χ4n) is 8.71. The van der Waals surface area contributed by atoms with Crippen molar-refractivity contribution >= 4 is 18.1 Å². The highest BCUT2D eigenvalue weighted by atomic mass is 19.1. The molecule has 6 aromatic carbocycles. The molecule has 0 radical (unpaired) electrons. The molecule has 0 aliphatic carbocycles. The molecule has 8 aromatic rings. The molecule has 0 unspecified atom stereocenters. The Morgan fingerprint density at radius 2 is 1.04 bits per heavy atom. The molecule has 11 nitrogen and oxygen atoms in total. The van der Waals surface area contributed by atoms with Crippen LogP contribution in [0.15, 0.2) is 138 Å². The van der Waals surface area contributed by atoms with E-state index in [0.717, 1.165) is 112 Å². The van der Waals surface area contributed by atoms with E-state index in [4.69, 9.17) is 33.9 Å². The number of benzene rings is 6. The minimum atomic E-state index is -0.269. The number of ether oxygens (including phenoxy) is 4. The van der Waals surface area contributed by atoms with Crippen LogP contribution in [0.2, 0.25) is 0 Å². The van der Waals surface area contributed by atoms with Crippen molar-refractivity contribution in [2.75, 3.05) is 33.8 Å². The van der Waals surface area contributed by atoms with Gasteiger partial charge in [0.2, 0.25) is 11.9 Å². The summed E-state index contributed by atoms with van der Waals surface area (Å²) < 4.78 is 53.4. The van der Waals surface area contributed by atoms with Gasteiger partial charge in [-0.3, -0.25) is 0 Å². The number of nitrogens with zero attached hydrogens (tertiary/aromatic N) is 5. The van der Waals surface area contributed by atoms with Crippen molar-refractivity contribution in [3.05, 3.63) is 167 Å². The highest BCUT2D eigenvalue weighted by Crippen LogP contribution is 2.45. The summed E-state index contributed by atoms with van der Waals surface area (Å²) in [6, 6.07) is 41.4. The molecule has 0 saturated carbocycles. The topological polar surface area (TPSA) is 132 Å². The normalized spacial score (nSPS) is 12.4. The second-order valence-electron chi connectivity index (χ2n) is 16.0. The molecule has 2 aromatic heterocycles. The molecular formula is C54H53F2N7O4. The molecule has 2 aliphatic rings. The van der Waals surface area contributed by atoms with Gasteiger partial charge in [0.25, 0.3) is 0 Å². The highest BCUT2D eigenvalue weighted by Gasteiger charge is 2.28. The molecule has 342 valence electrons. The van der Waals surface area contributed by atoms with E-state index in [9.17, 15) is 8.78 Å². The van der Waals surface area contributed by atoms with Gasteiger partial charge >= 0.3 is 0 Å². The lowest BCUT2D eigenvalue weighted by Crippen LogP contribution is -2.08. The van der Waals surface area contributed by atoms with Crippen LogP contribution in [-0.2, 0) is 32.5 Å². The van der Waals surface area contributed by atoms with E-state index in [1.54, 1.807) is 58.9 Å². The number of hydrogen-bond donors (Lipinski definition) is 2. The lowest BCUT2D eigenvalue weighted by Gasteiger charge is -2.15. The summed E-state index contributed by atoms with van der Waals surface area (Å²) in [7, 11) is 6.63. The van der Waals surface area contributed by atoms with Gasteiger partial charge in [-0.15, -0.1) is 0 Å². The van der Waals surface area contributed by atoms with E-state index >= 15 is 0 Å². The average molecular weight is 902 g/mol. The Morgan fingerprint density at radius 1 is 0.582 bits per heavy atom. The van der Waals surface area contributed by atoms with Crippen LogP contribution in [0.3, 0.4) is 0 Å². The third-order valence-electron chi connectivity index (χ3n) is 12.0. The van der Waals surface area contributed by atoms with Crippen LogP contribution >= 0.6 is 0 Å². The summed E-state index contributed by atoms with van der Waals surface area (Å²) in [6.45, 7) is 2.18. The maximum atomic E-state index is 13.3. The van der Waals surface area contributed by atoms with Crippen molar-refractivity contribution < 1.29 is 27.7 Å². The number of hydrogen-bond acceptors (Lipinski definition) is 9. The Balaban J connectivity index is 0.000000179. The maximum Gasteiger partial charge on any atom is 0.230 e. The van der Waals surface area contributed by atoms with Gasteiger partial charge in [-0.25, -0.2) is 23.7 Å². The molecule has 0 fully saturated rings. The van der Waals surface area contributed by atoms with E-state index in [2.05, 4.69) is 56.9 Å². The molecule has 0 amide bonds. The summed E-state index contributed by atoms with van der Waals surface area (Å²) in [5, 5.41) is 3.48. The fraction of sp³-hybridized carbons (Fsp3) is 0.204. The summed E-state index contributed by atoms with van der Waals surface area (Å²) in [5.41, 5.74) is 12.3. The largest absolute Gasteiger partial charge is 0.493 e. The van der Waals surface area contributed by atoms with Crippen molar-refractivity contribution in [3.8, 4) is 68.0 Å². The van der Waals surface area contributed by atoms with Crippen LogP contribution in [0.4, 0.5) is 20.7 Å². The highest BCUT2D eigenvalue weighted by molar-refractivity contribution is 5.87. The molecular weight excluding hydrogens is 849 g/mol. The third kappa shape index (κ3) is 9.64.